The first kappa shape index (κ1) is 13.6. The first-order valence-electron chi connectivity index (χ1n) is 7.29. The lowest BCUT2D eigenvalue weighted by Gasteiger charge is -2.08. The number of allylic oxidation sites excluding steroid dienone is 4. The minimum atomic E-state index is 0.110. The van der Waals surface area contributed by atoms with Crippen LogP contribution in [0.1, 0.15) is 36.5 Å². The molecule has 1 nitrogen and oxygen atoms in total. The van der Waals surface area contributed by atoms with E-state index in [1.165, 1.54) is 5.56 Å². The molecule has 0 fully saturated rings. The Morgan fingerprint density at radius 2 is 1.24 bits per heavy atom. The quantitative estimate of drug-likeness (QED) is 0.781. The molecule has 2 aromatic carbocycles. The van der Waals surface area contributed by atoms with Gasteiger partial charge in [-0.3, -0.25) is 4.79 Å². The summed E-state index contributed by atoms with van der Waals surface area (Å²) in [6.45, 7) is 4.34. The summed E-state index contributed by atoms with van der Waals surface area (Å²) in [5.74, 6) is 0.615. The van der Waals surface area contributed by atoms with E-state index in [0.717, 1.165) is 22.3 Å². The van der Waals surface area contributed by atoms with Crippen LogP contribution in [0.2, 0.25) is 0 Å². The van der Waals surface area contributed by atoms with Crippen molar-refractivity contribution in [2.75, 3.05) is 0 Å². The van der Waals surface area contributed by atoms with Crippen molar-refractivity contribution in [1.29, 1.82) is 0 Å². The lowest BCUT2D eigenvalue weighted by atomic mass is 9.95. The van der Waals surface area contributed by atoms with Gasteiger partial charge in [-0.1, -0.05) is 68.4 Å². The van der Waals surface area contributed by atoms with Gasteiger partial charge < -0.3 is 0 Å². The van der Waals surface area contributed by atoms with E-state index >= 15 is 0 Å². The van der Waals surface area contributed by atoms with E-state index in [1.807, 2.05) is 54.6 Å². The number of Topliss-reactive ketones (excluding diaryl/α,β-unsaturated/α-hetero) is 1. The molecule has 0 radical (unpaired) electrons. The molecule has 21 heavy (non-hydrogen) atoms. The second kappa shape index (κ2) is 5.53. The predicted octanol–water partition coefficient (Wildman–Crippen LogP) is 4.86. The molecule has 1 heteroatoms. The molecule has 0 bridgehead atoms. The number of ketones is 1. The zero-order valence-electron chi connectivity index (χ0n) is 12.3. The van der Waals surface area contributed by atoms with Crippen LogP contribution in [0.15, 0.2) is 66.7 Å². The molecule has 104 valence electrons. The molecule has 1 aliphatic rings. The van der Waals surface area contributed by atoms with Crippen LogP contribution in [0.3, 0.4) is 0 Å². The zero-order chi connectivity index (χ0) is 14.8. The van der Waals surface area contributed by atoms with Crippen LogP contribution in [0.4, 0.5) is 0 Å². The smallest absolute Gasteiger partial charge is 0.194 e. The standard InChI is InChI=1S/C20H18O/c1-14(2)15-8-10-17(11-9-15)19-13-12-18(20(19)21)16-6-4-3-5-7-16/h3-14H,1-2H3. The third-order valence-electron chi connectivity index (χ3n) is 3.88. The molecular weight excluding hydrogens is 256 g/mol. The van der Waals surface area contributed by atoms with E-state index in [4.69, 9.17) is 0 Å². The number of hydrogen-bond donors (Lipinski definition) is 0. The van der Waals surface area contributed by atoms with Gasteiger partial charge in [0.15, 0.2) is 5.78 Å². The molecule has 0 aliphatic heterocycles. The lowest BCUT2D eigenvalue weighted by molar-refractivity contribution is -0.108. The molecule has 3 rings (SSSR count). The van der Waals surface area contributed by atoms with Gasteiger partial charge in [-0.25, -0.2) is 0 Å². The Bertz CT molecular complexity index is 716. The van der Waals surface area contributed by atoms with Gasteiger partial charge in [0.2, 0.25) is 0 Å². The molecule has 0 atom stereocenters. The summed E-state index contributed by atoms with van der Waals surface area (Å²) in [6, 6.07) is 18.1. The van der Waals surface area contributed by atoms with Crippen molar-refractivity contribution >= 4 is 16.9 Å². The molecule has 1 aliphatic carbocycles. The highest BCUT2D eigenvalue weighted by Crippen LogP contribution is 2.31. The molecule has 2 aromatic rings. The fourth-order valence-electron chi connectivity index (χ4n) is 2.58. The Labute approximate surface area is 125 Å². The summed E-state index contributed by atoms with van der Waals surface area (Å²) in [6.07, 6.45) is 3.85. The fraction of sp³-hybridized carbons (Fsp3) is 0.150. The van der Waals surface area contributed by atoms with Gasteiger partial charge >= 0.3 is 0 Å². The number of rotatable bonds is 3. The monoisotopic (exact) mass is 274 g/mol. The van der Waals surface area contributed by atoms with Crippen LogP contribution in [0.5, 0.6) is 0 Å². The molecule has 0 N–H and O–H groups in total. The highest BCUT2D eigenvalue weighted by Gasteiger charge is 2.21. The maximum atomic E-state index is 12.6. The summed E-state index contributed by atoms with van der Waals surface area (Å²) in [5, 5.41) is 0. The molecule has 0 spiro atoms. The highest BCUT2D eigenvalue weighted by atomic mass is 16.1. The van der Waals surface area contributed by atoms with Gasteiger partial charge in [0.1, 0.15) is 0 Å². The molecular formula is C20H18O. The lowest BCUT2D eigenvalue weighted by Crippen LogP contribution is -2.01. The summed E-state index contributed by atoms with van der Waals surface area (Å²) in [5.41, 5.74) is 4.82. The van der Waals surface area contributed by atoms with Crippen molar-refractivity contribution in [2.24, 2.45) is 0 Å². The third-order valence-corrected chi connectivity index (χ3v) is 3.88. The minimum absolute atomic E-state index is 0.110. The number of hydrogen-bond acceptors (Lipinski definition) is 1. The maximum absolute atomic E-state index is 12.6. The van der Waals surface area contributed by atoms with Gasteiger partial charge in [0, 0.05) is 11.1 Å². The second-order valence-corrected chi connectivity index (χ2v) is 5.63. The molecule has 0 heterocycles. The minimum Gasteiger partial charge on any atom is -0.289 e. The largest absolute Gasteiger partial charge is 0.289 e. The van der Waals surface area contributed by atoms with Crippen molar-refractivity contribution in [3.63, 3.8) is 0 Å². The molecule has 0 aromatic heterocycles. The van der Waals surface area contributed by atoms with Crippen molar-refractivity contribution in [3.05, 3.63) is 83.4 Å². The van der Waals surface area contributed by atoms with Gasteiger partial charge in [0.05, 0.1) is 0 Å². The molecule has 0 unspecified atom stereocenters. The van der Waals surface area contributed by atoms with Crippen molar-refractivity contribution in [1.82, 2.24) is 0 Å². The summed E-state index contributed by atoms with van der Waals surface area (Å²) < 4.78 is 0. The van der Waals surface area contributed by atoms with E-state index in [0.29, 0.717) is 5.92 Å². The molecule has 0 saturated carbocycles. The highest BCUT2D eigenvalue weighted by molar-refractivity contribution is 6.45. The van der Waals surface area contributed by atoms with Crippen LogP contribution >= 0.6 is 0 Å². The average Bonchev–Trinajstić information content (AvgIpc) is 2.90. The van der Waals surface area contributed by atoms with Crippen LogP contribution in [-0.4, -0.2) is 5.78 Å². The Morgan fingerprint density at radius 1 is 0.714 bits per heavy atom. The second-order valence-electron chi connectivity index (χ2n) is 5.63. The van der Waals surface area contributed by atoms with E-state index in [2.05, 4.69) is 26.0 Å². The van der Waals surface area contributed by atoms with Crippen LogP contribution in [-0.2, 0) is 4.79 Å². The van der Waals surface area contributed by atoms with Gasteiger partial charge in [-0.2, -0.15) is 0 Å². The van der Waals surface area contributed by atoms with E-state index in [9.17, 15) is 4.79 Å². The molecule has 0 amide bonds. The first-order valence-corrected chi connectivity index (χ1v) is 7.29. The predicted molar refractivity (Wildman–Crippen MR) is 87.9 cm³/mol. The fourth-order valence-corrected chi connectivity index (χ4v) is 2.58. The van der Waals surface area contributed by atoms with E-state index in [1.54, 1.807) is 0 Å². The maximum Gasteiger partial charge on any atom is 0.194 e. The Balaban J connectivity index is 1.85. The van der Waals surface area contributed by atoms with E-state index in [-0.39, 0.29) is 5.78 Å². The summed E-state index contributed by atoms with van der Waals surface area (Å²) in [4.78, 5) is 12.6. The third kappa shape index (κ3) is 2.59. The van der Waals surface area contributed by atoms with Crippen LogP contribution in [0, 0.1) is 0 Å². The van der Waals surface area contributed by atoms with Crippen molar-refractivity contribution in [2.45, 2.75) is 19.8 Å². The summed E-state index contributed by atoms with van der Waals surface area (Å²) >= 11 is 0. The van der Waals surface area contributed by atoms with Gasteiger partial charge in [-0.15, -0.1) is 0 Å². The Hall–Kier alpha value is -2.41. The van der Waals surface area contributed by atoms with Crippen LogP contribution < -0.4 is 0 Å². The van der Waals surface area contributed by atoms with Crippen LogP contribution in [0.25, 0.3) is 11.1 Å². The summed E-state index contributed by atoms with van der Waals surface area (Å²) in [7, 11) is 0. The Kier molecular flexibility index (Phi) is 3.57. The van der Waals surface area contributed by atoms with E-state index < -0.39 is 0 Å². The SMILES string of the molecule is CC(C)c1ccc(C2=CC=C(c3ccccc3)C2=O)cc1. The molecule has 0 saturated heterocycles. The van der Waals surface area contributed by atoms with Gasteiger partial charge in [0.25, 0.3) is 0 Å². The van der Waals surface area contributed by atoms with Gasteiger partial charge in [-0.05, 0) is 34.8 Å². The normalized spacial score (nSPS) is 14.3. The number of benzene rings is 2. The Morgan fingerprint density at radius 3 is 1.76 bits per heavy atom. The first-order chi connectivity index (χ1) is 10.2. The van der Waals surface area contributed by atoms with Crippen molar-refractivity contribution in [3.8, 4) is 0 Å². The topological polar surface area (TPSA) is 17.1 Å². The van der Waals surface area contributed by atoms with Crippen molar-refractivity contribution < 1.29 is 4.79 Å². The zero-order valence-corrected chi connectivity index (χ0v) is 12.3. The number of carbonyl (C=O) groups excluding carboxylic acids is 1. The average molecular weight is 274 g/mol. The number of carbonyl (C=O) groups is 1.